The maximum absolute atomic E-state index is 3.77. The molecule has 0 radical (unpaired) electrons. The summed E-state index contributed by atoms with van der Waals surface area (Å²) in [5, 5.41) is 0. The van der Waals surface area contributed by atoms with E-state index in [2.05, 4.69) is 109 Å². The Morgan fingerprint density at radius 2 is 1.60 bits per heavy atom. The molecule has 0 amide bonds. The normalized spacial score (nSPS) is 19.7. The van der Waals surface area contributed by atoms with Crippen LogP contribution in [-0.4, -0.2) is 0 Å². The van der Waals surface area contributed by atoms with Crippen molar-refractivity contribution in [1.82, 2.24) is 0 Å². The van der Waals surface area contributed by atoms with Crippen LogP contribution in [0.3, 0.4) is 0 Å². The maximum Gasteiger partial charge on any atom is 0.0676 e. The van der Waals surface area contributed by atoms with E-state index in [1.54, 1.807) is 5.57 Å². The van der Waals surface area contributed by atoms with Crippen LogP contribution in [0, 0.1) is 6.92 Å². The molecule has 0 nitrogen and oxygen atoms in total. The van der Waals surface area contributed by atoms with E-state index in [1.807, 2.05) is 0 Å². The Bertz CT molecular complexity index is 1150. The highest BCUT2D eigenvalue weighted by atomic mass is 79.9. The fourth-order valence-corrected chi connectivity index (χ4v) is 5.73. The third-order valence-corrected chi connectivity index (χ3v) is 7.20. The van der Waals surface area contributed by atoms with Crippen LogP contribution in [0.1, 0.15) is 59.6 Å². The van der Waals surface area contributed by atoms with Crippen molar-refractivity contribution in [2.75, 3.05) is 0 Å². The van der Waals surface area contributed by atoms with Crippen molar-refractivity contribution in [2.45, 2.75) is 44.9 Å². The summed E-state index contributed by atoms with van der Waals surface area (Å²) >= 11 is 3.77. The molecule has 1 unspecified atom stereocenters. The van der Waals surface area contributed by atoms with E-state index in [1.165, 1.54) is 45.4 Å². The molecule has 0 N–H and O–H groups in total. The fourth-order valence-electron chi connectivity index (χ4n) is 5.37. The monoisotopic (exact) mass is 454 g/mol. The van der Waals surface area contributed by atoms with Crippen LogP contribution < -0.4 is 0 Å². The zero-order valence-electron chi connectivity index (χ0n) is 17.7. The van der Waals surface area contributed by atoms with Crippen LogP contribution in [0.25, 0.3) is 5.57 Å². The lowest BCUT2D eigenvalue weighted by atomic mass is 9.65. The smallest absolute Gasteiger partial charge is 0.0676 e. The molecule has 0 saturated carbocycles. The van der Waals surface area contributed by atoms with E-state index in [4.69, 9.17) is 0 Å². The summed E-state index contributed by atoms with van der Waals surface area (Å²) in [5.41, 5.74) is 11.0. The van der Waals surface area contributed by atoms with Crippen LogP contribution in [0.4, 0.5) is 0 Å². The topological polar surface area (TPSA) is 0 Å². The standard InChI is InChI=1S/C29H27Br/c1-3-6-21-11-15-23(16-12-21)29(22-13-9-20(2)10-14-22)27-8-5-4-7-25(27)26-18-17-24(30)19-28(26)29/h4,7,9-19H,3,5-6,8H2,1-2H3. The summed E-state index contributed by atoms with van der Waals surface area (Å²) < 4.78 is 1.14. The molecule has 0 saturated heterocycles. The first kappa shape index (κ1) is 19.6. The summed E-state index contributed by atoms with van der Waals surface area (Å²) in [4.78, 5) is 0. The van der Waals surface area contributed by atoms with Gasteiger partial charge in [0.25, 0.3) is 0 Å². The number of halogens is 1. The van der Waals surface area contributed by atoms with Crippen LogP contribution in [0.2, 0.25) is 0 Å². The van der Waals surface area contributed by atoms with Crippen LogP contribution in [-0.2, 0) is 11.8 Å². The van der Waals surface area contributed by atoms with Crippen molar-refractivity contribution in [1.29, 1.82) is 0 Å². The highest BCUT2D eigenvalue weighted by Crippen LogP contribution is 2.57. The number of fused-ring (bicyclic) bond motifs is 2. The second-order valence-corrected chi connectivity index (χ2v) is 9.50. The number of hydrogen-bond acceptors (Lipinski definition) is 0. The van der Waals surface area contributed by atoms with E-state index in [0.29, 0.717) is 0 Å². The summed E-state index contributed by atoms with van der Waals surface area (Å²) in [5.74, 6) is 0. The van der Waals surface area contributed by atoms with Gasteiger partial charge in [0.2, 0.25) is 0 Å². The lowest BCUT2D eigenvalue weighted by molar-refractivity contribution is 0.695. The van der Waals surface area contributed by atoms with Gasteiger partial charge in [0.05, 0.1) is 5.41 Å². The van der Waals surface area contributed by atoms with Gasteiger partial charge in [-0.1, -0.05) is 102 Å². The van der Waals surface area contributed by atoms with Gasteiger partial charge in [0.15, 0.2) is 0 Å². The van der Waals surface area contributed by atoms with Gasteiger partial charge in [-0.2, -0.15) is 0 Å². The van der Waals surface area contributed by atoms with Gasteiger partial charge >= 0.3 is 0 Å². The first-order valence-corrected chi connectivity index (χ1v) is 11.8. The van der Waals surface area contributed by atoms with Crippen LogP contribution >= 0.6 is 15.9 Å². The molecule has 2 aliphatic carbocycles. The average Bonchev–Trinajstić information content (AvgIpc) is 3.05. The third-order valence-electron chi connectivity index (χ3n) is 6.71. The zero-order chi connectivity index (χ0) is 20.7. The Morgan fingerprint density at radius 1 is 0.900 bits per heavy atom. The van der Waals surface area contributed by atoms with Gasteiger partial charge in [-0.3, -0.25) is 0 Å². The third kappa shape index (κ3) is 2.94. The van der Waals surface area contributed by atoms with Crippen molar-refractivity contribution in [3.63, 3.8) is 0 Å². The first-order chi connectivity index (χ1) is 14.6. The number of allylic oxidation sites excluding steroid dienone is 4. The van der Waals surface area contributed by atoms with Crippen molar-refractivity contribution in [3.8, 4) is 0 Å². The number of rotatable bonds is 4. The molecule has 3 aromatic rings. The summed E-state index contributed by atoms with van der Waals surface area (Å²) in [6.45, 7) is 4.42. The molecule has 1 atom stereocenters. The van der Waals surface area contributed by atoms with E-state index in [-0.39, 0.29) is 5.41 Å². The van der Waals surface area contributed by atoms with Crippen molar-refractivity contribution < 1.29 is 0 Å². The molecule has 3 aromatic carbocycles. The second kappa shape index (κ2) is 7.71. The average molecular weight is 455 g/mol. The molecule has 0 aliphatic heterocycles. The van der Waals surface area contributed by atoms with Crippen LogP contribution in [0.15, 0.2) is 88.9 Å². The molecule has 1 heteroatoms. The molecule has 0 spiro atoms. The number of benzene rings is 3. The molecule has 150 valence electrons. The highest BCUT2D eigenvalue weighted by Gasteiger charge is 2.47. The summed E-state index contributed by atoms with van der Waals surface area (Å²) in [6, 6.07) is 25.5. The Hall–Kier alpha value is -2.38. The molecule has 30 heavy (non-hydrogen) atoms. The lowest BCUT2D eigenvalue weighted by Crippen LogP contribution is -2.30. The summed E-state index contributed by atoms with van der Waals surface area (Å²) in [7, 11) is 0. The van der Waals surface area contributed by atoms with Crippen molar-refractivity contribution in [2.24, 2.45) is 0 Å². The Kier molecular flexibility index (Phi) is 5.03. The molecule has 0 fully saturated rings. The van der Waals surface area contributed by atoms with Gasteiger partial charge in [-0.05, 0) is 77.3 Å². The van der Waals surface area contributed by atoms with Gasteiger partial charge in [-0.25, -0.2) is 0 Å². The Labute approximate surface area is 188 Å². The van der Waals surface area contributed by atoms with Crippen molar-refractivity contribution in [3.05, 3.63) is 122 Å². The zero-order valence-corrected chi connectivity index (χ0v) is 19.3. The molecule has 0 aromatic heterocycles. The molecule has 5 rings (SSSR count). The maximum atomic E-state index is 3.77. The highest BCUT2D eigenvalue weighted by molar-refractivity contribution is 9.10. The van der Waals surface area contributed by atoms with E-state index in [0.717, 1.165) is 23.7 Å². The lowest BCUT2D eigenvalue weighted by Gasteiger charge is -2.36. The largest absolute Gasteiger partial charge is 0.0836 e. The number of aryl methyl sites for hydroxylation is 2. The Morgan fingerprint density at radius 3 is 2.30 bits per heavy atom. The van der Waals surface area contributed by atoms with Gasteiger partial charge < -0.3 is 0 Å². The van der Waals surface area contributed by atoms with E-state index >= 15 is 0 Å². The van der Waals surface area contributed by atoms with Gasteiger partial charge in [0, 0.05) is 4.47 Å². The minimum Gasteiger partial charge on any atom is -0.0836 e. The molecular weight excluding hydrogens is 428 g/mol. The summed E-state index contributed by atoms with van der Waals surface area (Å²) in [6.07, 6.45) is 9.21. The van der Waals surface area contributed by atoms with E-state index in [9.17, 15) is 0 Å². The van der Waals surface area contributed by atoms with Crippen LogP contribution in [0.5, 0.6) is 0 Å². The quantitative estimate of drug-likeness (QED) is 0.372. The Balaban J connectivity index is 1.85. The number of hydrogen-bond donors (Lipinski definition) is 0. The van der Waals surface area contributed by atoms with Crippen molar-refractivity contribution >= 4 is 21.5 Å². The fraction of sp³-hybridized carbons (Fsp3) is 0.241. The second-order valence-electron chi connectivity index (χ2n) is 8.59. The minimum absolute atomic E-state index is 0.225. The van der Waals surface area contributed by atoms with Gasteiger partial charge in [-0.15, -0.1) is 0 Å². The SMILES string of the molecule is CCCc1ccc(C2(c3ccc(C)cc3)C3=C(C=CCC3)c3ccc(Br)cc32)cc1. The predicted molar refractivity (Wildman–Crippen MR) is 131 cm³/mol. The molecule has 0 heterocycles. The van der Waals surface area contributed by atoms with E-state index < -0.39 is 0 Å². The first-order valence-electron chi connectivity index (χ1n) is 11.0. The minimum atomic E-state index is -0.225. The van der Waals surface area contributed by atoms with Gasteiger partial charge in [0.1, 0.15) is 0 Å². The molecule has 0 bridgehead atoms. The molecule has 2 aliphatic rings. The predicted octanol–water partition coefficient (Wildman–Crippen LogP) is 8.16. The molecular formula is C29H27Br.